The van der Waals surface area contributed by atoms with Crippen molar-refractivity contribution in [2.75, 3.05) is 5.32 Å². The van der Waals surface area contributed by atoms with Crippen molar-refractivity contribution in [1.82, 2.24) is 19.1 Å². The first-order valence-corrected chi connectivity index (χ1v) is 13.5. The molecule has 1 saturated carbocycles. The highest BCUT2D eigenvalue weighted by molar-refractivity contribution is 7.89. The highest BCUT2D eigenvalue weighted by Crippen LogP contribution is 2.38. The van der Waals surface area contributed by atoms with Crippen molar-refractivity contribution in [1.29, 1.82) is 5.26 Å². The van der Waals surface area contributed by atoms with Crippen LogP contribution in [0.1, 0.15) is 64.5 Å². The maximum absolute atomic E-state index is 13.0. The Morgan fingerprint density at radius 2 is 1.94 bits per heavy atom. The maximum Gasteiger partial charge on any atom is 0.261 e. The number of hydrogen-bond acceptors (Lipinski definition) is 6. The van der Waals surface area contributed by atoms with Crippen molar-refractivity contribution in [3.8, 4) is 6.07 Å². The fraction of sp³-hybridized carbons (Fsp3) is 0.480. The van der Waals surface area contributed by atoms with E-state index in [0.717, 1.165) is 32.1 Å². The van der Waals surface area contributed by atoms with Gasteiger partial charge in [0.2, 0.25) is 10.0 Å². The highest BCUT2D eigenvalue weighted by atomic mass is 32.2. The average Bonchev–Trinajstić information content (AvgIpc) is 3.17. The zero-order chi connectivity index (χ0) is 25.0. The summed E-state index contributed by atoms with van der Waals surface area (Å²) in [6.07, 6.45) is 6.37. The zero-order valence-electron chi connectivity index (χ0n) is 20.2. The second kappa shape index (κ2) is 8.50. The van der Waals surface area contributed by atoms with Gasteiger partial charge in [0, 0.05) is 24.0 Å². The lowest BCUT2D eigenvalue weighted by Crippen LogP contribution is -2.41. The van der Waals surface area contributed by atoms with Gasteiger partial charge in [0.05, 0.1) is 28.4 Å². The molecule has 1 aromatic carbocycles. The topological polar surface area (TPSA) is 124 Å². The molecule has 35 heavy (non-hydrogen) atoms. The van der Waals surface area contributed by atoms with Crippen LogP contribution < -0.4 is 10.9 Å². The number of benzene rings is 1. The molecule has 2 aromatic heterocycles. The van der Waals surface area contributed by atoms with Gasteiger partial charge in [-0.25, -0.2) is 8.42 Å². The highest BCUT2D eigenvalue weighted by Gasteiger charge is 2.41. The third-order valence-corrected chi connectivity index (χ3v) is 9.25. The molecule has 0 spiro atoms. The Morgan fingerprint density at radius 3 is 2.69 bits per heavy atom. The Bertz CT molecular complexity index is 1490. The van der Waals surface area contributed by atoms with E-state index in [4.69, 9.17) is 5.10 Å². The van der Waals surface area contributed by atoms with Crippen molar-refractivity contribution < 1.29 is 8.42 Å². The Labute approximate surface area is 204 Å². The van der Waals surface area contributed by atoms with Crippen molar-refractivity contribution >= 4 is 32.4 Å². The number of sulfonamides is 1. The Kier molecular flexibility index (Phi) is 5.73. The van der Waals surface area contributed by atoms with Crippen molar-refractivity contribution in [2.45, 2.75) is 75.9 Å². The molecule has 0 saturated heterocycles. The summed E-state index contributed by atoms with van der Waals surface area (Å²) in [6.45, 7) is 5.92. The molecule has 1 aliphatic heterocycles. The number of nitriles is 1. The minimum Gasteiger partial charge on any atom is -0.338 e. The van der Waals surface area contributed by atoms with Gasteiger partial charge in [-0.15, -0.1) is 0 Å². The van der Waals surface area contributed by atoms with Crippen molar-refractivity contribution in [2.24, 2.45) is 5.92 Å². The Morgan fingerprint density at radius 1 is 1.17 bits per heavy atom. The molecule has 1 fully saturated rings. The van der Waals surface area contributed by atoms with E-state index < -0.39 is 15.6 Å². The Balaban J connectivity index is 1.56. The standard InChI is InChI=1S/C25H30N6O3S/c1-25(2,3)30-15-17-13-18(9-10-21(17)35(30,33)34)28-23-22-20(11-12-27-24(22)32)31(29-23)19-8-6-4-5-7-16(19)14-26/h9-13,16,19H,4-8,15H2,1-3H3,(H,27,32)(H,28,29)/t16-,19-/m0/s1. The lowest BCUT2D eigenvalue weighted by atomic mass is 9.96. The Hall–Kier alpha value is -3.16. The molecule has 0 amide bonds. The number of aromatic amines is 1. The van der Waals surface area contributed by atoms with Crippen LogP contribution >= 0.6 is 0 Å². The molecular weight excluding hydrogens is 464 g/mol. The van der Waals surface area contributed by atoms with Crippen LogP contribution in [-0.2, 0) is 16.6 Å². The van der Waals surface area contributed by atoms with Crippen LogP contribution in [0.3, 0.4) is 0 Å². The van der Waals surface area contributed by atoms with Crippen LogP contribution in [-0.4, -0.2) is 33.0 Å². The lowest BCUT2D eigenvalue weighted by Gasteiger charge is -2.29. The smallest absolute Gasteiger partial charge is 0.261 e. The van der Waals surface area contributed by atoms with Crippen LogP contribution in [0, 0.1) is 17.2 Å². The number of pyridine rings is 1. The molecule has 10 heteroatoms. The second-order valence-corrected chi connectivity index (χ2v) is 12.3. The molecule has 0 radical (unpaired) electrons. The number of H-pyrrole nitrogens is 1. The lowest BCUT2D eigenvalue weighted by molar-refractivity contribution is 0.252. The summed E-state index contributed by atoms with van der Waals surface area (Å²) in [7, 11) is -3.56. The fourth-order valence-corrected chi connectivity index (χ4v) is 7.26. The van der Waals surface area contributed by atoms with Crippen LogP contribution in [0.2, 0.25) is 0 Å². The van der Waals surface area contributed by atoms with Gasteiger partial charge < -0.3 is 10.3 Å². The summed E-state index contributed by atoms with van der Waals surface area (Å²) in [4.78, 5) is 15.9. The van der Waals surface area contributed by atoms with E-state index in [9.17, 15) is 18.5 Å². The van der Waals surface area contributed by atoms with Crippen LogP contribution in [0.25, 0.3) is 10.9 Å². The van der Waals surface area contributed by atoms with Gasteiger partial charge in [-0.2, -0.15) is 14.7 Å². The number of hydrogen-bond donors (Lipinski definition) is 2. The predicted octanol–water partition coefficient (Wildman–Crippen LogP) is 4.42. The molecule has 2 aliphatic rings. The van der Waals surface area contributed by atoms with Crippen LogP contribution in [0.4, 0.5) is 11.5 Å². The first-order chi connectivity index (χ1) is 16.6. The van der Waals surface area contributed by atoms with Crippen LogP contribution in [0.15, 0.2) is 40.2 Å². The summed E-state index contributed by atoms with van der Waals surface area (Å²) >= 11 is 0. The van der Waals surface area contributed by atoms with Gasteiger partial charge in [-0.3, -0.25) is 9.48 Å². The normalized spacial score (nSPS) is 22.5. The van der Waals surface area contributed by atoms with Crippen LogP contribution in [0.5, 0.6) is 0 Å². The molecule has 184 valence electrons. The van der Waals surface area contributed by atoms with Gasteiger partial charge >= 0.3 is 0 Å². The molecule has 0 unspecified atom stereocenters. The summed E-state index contributed by atoms with van der Waals surface area (Å²) < 4.78 is 29.3. The van der Waals surface area contributed by atoms with E-state index in [-0.39, 0.29) is 17.5 Å². The summed E-state index contributed by atoms with van der Waals surface area (Å²) in [5.74, 6) is 0.234. The van der Waals surface area contributed by atoms with E-state index in [1.165, 1.54) is 4.31 Å². The fourth-order valence-electron chi connectivity index (χ4n) is 5.30. The second-order valence-electron chi connectivity index (χ2n) is 10.4. The van der Waals surface area contributed by atoms with Crippen molar-refractivity contribution in [3.05, 3.63) is 46.4 Å². The summed E-state index contributed by atoms with van der Waals surface area (Å²) in [5, 5.41) is 18.3. The third-order valence-electron chi connectivity index (χ3n) is 7.04. The van der Waals surface area contributed by atoms with E-state index in [0.29, 0.717) is 39.4 Å². The molecule has 0 bridgehead atoms. The van der Waals surface area contributed by atoms with E-state index in [1.807, 2.05) is 37.6 Å². The molecular formula is C25H30N6O3S. The predicted molar refractivity (Wildman–Crippen MR) is 134 cm³/mol. The van der Waals surface area contributed by atoms with E-state index in [1.54, 1.807) is 18.3 Å². The van der Waals surface area contributed by atoms with Gasteiger partial charge in [0.25, 0.3) is 5.56 Å². The summed E-state index contributed by atoms with van der Waals surface area (Å²) in [5.41, 5.74) is 1.24. The average molecular weight is 495 g/mol. The largest absolute Gasteiger partial charge is 0.338 e. The number of aromatic nitrogens is 3. The number of anilines is 2. The molecule has 5 rings (SSSR count). The van der Waals surface area contributed by atoms with Crippen molar-refractivity contribution in [3.63, 3.8) is 0 Å². The molecule has 2 atom stereocenters. The third kappa shape index (κ3) is 4.02. The minimum absolute atomic E-state index is 0.104. The first-order valence-electron chi connectivity index (χ1n) is 12.0. The van der Waals surface area contributed by atoms with Gasteiger partial charge in [-0.1, -0.05) is 19.3 Å². The van der Waals surface area contributed by atoms with Gasteiger partial charge in [-0.05, 0) is 63.4 Å². The summed E-state index contributed by atoms with van der Waals surface area (Å²) in [6, 6.07) is 9.30. The molecule has 2 N–H and O–H groups in total. The maximum atomic E-state index is 13.0. The van der Waals surface area contributed by atoms with E-state index in [2.05, 4.69) is 16.4 Å². The number of rotatable bonds is 3. The number of fused-ring (bicyclic) bond motifs is 2. The molecule has 1 aliphatic carbocycles. The van der Waals surface area contributed by atoms with E-state index >= 15 is 0 Å². The number of nitrogens with zero attached hydrogens (tertiary/aromatic N) is 4. The first kappa shape index (κ1) is 23.6. The van der Waals surface area contributed by atoms with Gasteiger partial charge in [0.15, 0.2) is 5.82 Å². The van der Waals surface area contributed by atoms with Gasteiger partial charge in [0.1, 0.15) is 5.39 Å². The minimum atomic E-state index is -3.56. The molecule has 3 heterocycles. The monoisotopic (exact) mass is 494 g/mol. The molecule has 3 aromatic rings. The molecule has 9 nitrogen and oxygen atoms in total. The zero-order valence-corrected chi connectivity index (χ0v) is 21.0. The quantitative estimate of drug-likeness (QED) is 0.520. The SMILES string of the molecule is CC(C)(C)N1Cc2cc(Nc3nn([C@H]4CCCCC[C@H]4C#N)c4cc[nH]c(=O)c34)ccc2S1(=O)=O. The number of nitrogens with one attached hydrogen (secondary N) is 2.